The highest BCUT2D eigenvalue weighted by molar-refractivity contribution is 5.79. The molecule has 0 bridgehead atoms. The van der Waals surface area contributed by atoms with Gasteiger partial charge in [-0.05, 0) is 38.1 Å². The van der Waals surface area contributed by atoms with E-state index in [1.807, 2.05) is 6.92 Å². The van der Waals surface area contributed by atoms with Gasteiger partial charge in [0.25, 0.3) is 0 Å². The third-order valence-corrected chi connectivity index (χ3v) is 6.66. The fraction of sp³-hybridized carbons (Fsp3) is 0.852. The van der Waals surface area contributed by atoms with Gasteiger partial charge in [0.1, 0.15) is 0 Å². The normalized spacial score (nSPS) is 12.7. The Morgan fingerprint density at radius 2 is 1.39 bits per heavy atom. The fourth-order valence-electron chi connectivity index (χ4n) is 3.56. The minimum Gasteiger partial charge on any atom is -0.356 e. The molecule has 0 fully saturated rings. The summed E-state index contributed by atoms with van der Waals surface area (Å²) in [6.45, 7) is 12.5. The molecule has 0 aromatic heterocycles. The summed E-state index contributed by atoms with van der Waals surface area (Å²) in [4.78, 5) is 53.4. The van der Waals surface area contributed by atoms with Crippen molar-refractivity contribution in [3.63, 3.8) is 0 Å². The highest BCUT2D eigenvalue weighted by atomic mass is 16.2. The Bertz CT molecular complexity index is 705. The zero-order chi connectivity index (χ0) is 29.1. The third kappa shape index (κ3) is 17.3. The average molecular weight is 542 g/mol. The van der Waals surface area contributed by atoms with Gasteiger partial charge in [-0.15, -0.1) is 0 Å². The molecule has 0 aliphatic heterocycles. The Balaban J connectivity index is 4.06. The van der Waals surface area contributed by atoms with Gasteiger partial charge >= 0.3 is 0 Å². The Labute approximate surface area is 230 Å². The van der Waals surface area contributed by atoms with Gasteiger partial charge < -0.3 is 36.4 Å². The first-order valence-corrected chi connectivity index (χ1v) is 14.0. The molecule has 0 saturated heterocycles. The largest absolute Gasteiger partial charge is 0.356 e. The van der Waals surface area contributed by atoms with Gasteiger partial charge in [-0.2, -0.15) is 0 Å². The monoisotopic (exact) mass is 541 g/mol. The predicted molar refractivity (Wildman–Crippen MR) is 152 cm³/mol. The summed E-state index contributed by atoms with van der Waals surface area (Å²) in [6.07, 6.45) is 2.85. The van der Waals surface area contributed by atoms with Crippen LogP contribution in [0, 0.1) is 11.8 Å². The lowest BCUT2D eigenvalue weighted by Gasteiger charge is -2.27. The maximum absolute atomic E-state index is 12.5. The number of amides is 4. The van der Waals surface area contributed by atoms with Crippen LogP contribution in [0.1, 0.15) is 59.8 Å². The van der Waals surface area contributed by atoms with Gasteiger partial charge in [0.2, 0.25) is 23.6 Å². The fourth-order valence-corrected chi connectivity index (χ4v) is 3.56. The number of nitrogens with two attached hydrogens (primary N) is 1. The summed E-state index contributed by atoms with van der Waals surface area (Å²) in [6, 6.07) is -0.0889. The van der Waals surface area contributed by atoms with Gasteiger partial charge in [0.15, 0.2) is 0 Å². The molecule has 2 unspecified atom stereocenters. The molecule has 0 rings (SSSR count). The summed E-state index contributed by atoms with van der Waals surface area (Å²) in [7, 11) is 5.21. The molecule has 0 radical (unpaired) electrons. The molecule has 5 N–H and O–H groups in total. The summed E-state index contributed by atoms with van der Waals surface area (Å²) in [5, 5.41) is 9.42. The van der Waals surface area contributed by atoms with Gasteiger partial charge in [0, 0.05) is 85.7 Å². The predicted octanol–water partition coefficient (Wildman–Crippen LogP) is 0.247. The molecular formula is C27H55N7O4. The van der Waals surface area contributed by atoms with Crippen molar-refractivity contribution in [2.75, 3.05) is 73.5 Å². The van der Waals surface area contributed by atoms with E-state index >= 15 is 0 Å². The first-order chi connectivity index (χ1) is 17.9. The van der Waals surface area contributed by atoms with E-state index < -0.39 is 0 Å². The number of carbonyl (C=O) groups is 4. The first-order valence-electron chi connectivity index (χ1n) is 14.0. The van der Waals surface area contributed by atoms with Crippen LogP contribution in [0.2, 0.25) is 0 Å². The van der Waals surface area contributed by atoms with Crippen LogP contribution >= 0.6 is 0 Å². The van der Waals surface area contributed by atoms with Crippen LogP contribution in [0.4, 0.5) is 0 Å². The zero-order valence-corrected chi connectivity index (χ0v) is 25.0. The Morgan fingerprint density at radius 3 is 2.03 bits per heavy atom. The van der Waals surface area contributed by atoms with Crippen LogP contribution < -0.4 is 21.7 Å². The molecule has 0 aromatic carbocycles. The second kappa shape index (κ2) is 20.7. The maximum Gasteiger partial charge on any atom is 0.236 e. The zero-order valence-electron chi connectivity index (χ0n) is 25.0. The molecule has 0 heterocycles. The summed E-state index contributed by atoms with van der Waals surface area (Å²) < 4.78 is 0. The van der Waals surface area contributed by atoms with E-state index in [0.29, 0.717) is 51.0 Å². The number of rotatable bonds is 21. The van der Waals surface area contributed by atoms with Gasteiger partial charge in [-0.25, -0.2) is 0 Å². The molecule has 222 valence electrons. The topological polar surface area (TPSA) is 140 Å². The highest BCUT2D eigenvalue weighted by Gasteiger charge is 2.18. The van der Waals surface area contributed by atoms with Gasteiger partial charge in [0.05, 0.1) is 6.54 Å². The molecule has 0 aliphatic carbocycles. The van der Waals surface area contributed by atoms with E-state index in [2.05, 4.69) is 36.7 Å². The van der Waals surface area contributed by atoms with Crippen molar-refractivity contribution in [2.24, 2.45) is 17.6 Å². The molecule has 0 saturated carbocycles. The quantitative estimate of drug-likeness (QED) is 0.153. The van der Waals surface area contributed by atoms with Crippen LogP contribution in [0.15, 0.2) is 0 Å². The molecule has 2 atom stereocenters. The summed E-state index contributed by atoms with van der Waals surface area (Å²) in [5.41, 5.74) is 5.41. The number of hydrogen-bond acceptors (Lipinski definition) is 7. The maximum atomic E-state index is 12.5. The standard InChI is InChI=1S/C27H55N7O4/c1-21(2)9-15-31-24(35)10-14-29-18-22(3)11-16-33(6)27(38)20-30-19-23(4)34(7)26(37)12-17-32(5)25(36)8-13-28/h21-23,29-30H,8-20,28H2,1-7H3,(H,31,35). The van der Waals surface area contributed by atoms with E-state index in [4.69, 9.17) is 5.73 Å². The van der Waals surface area contributed by atoms with E-state index in [9.17, 15) is 19.2 Å². The molecule has 11 nitrogen and oxygen atoms in total. The van der Waals surface area contributed by atoms with Crippen molar-refractivity contribution >= 4 is 23.6 Å². The van der Waals surface area contributed by atoms with E-state index in [-0.39, 0.29) is 49.1 Å². The van der Waals surface area contributed by atoms with Crippen LogP contribution in [0.3, 0.4) is 0 Å². The molecule has 0 aromatic rings. The molecule has 0 aliphatic rings. The Morgan fingerprint density at radius 1 is 0.737 bits per heavy atom. The number of hydrogen-bond donors (Lipinski definition) is 4. The second-order valence-electron chi connectivity index (χ2n) is 10.8. The minimum absolute atomic E-state index is 0.00412. The lowest BCUT2D eigenvalue weighted by atomic mass is 10.1. The summed E-state index contributed by atoms with van der Waals surface area (Å²) >= 11 is 0. The number of nitrogens with zero attached hydrogens (tertiary/aromatic N) is 3. The van der Waals surface area contributed by atoms with E-state index in [1.54, 1.807) is 30.9 Å². The third-order valence-electron chi connectivity index (χ3n) is 6.66. The Hall–Kier alpha value is -2.24. The number of nitrogens with one attached hydrogen (secondary N) is 3. The van der Waals surface area contributed by atoms with Crippen LogP contribution in [0.5, 0.6) is 0 Å². The van der Waals surface area contributed by atoms with Gasteiger partial charge in [-0.3, -0.25) is 19.2 Å². The molecular weight excluding hydrogens is 486 g/mol. The lowest BCUT2D eigenvalue weighted by Crippen LogP contribution is -2.45. The van der Waals surface area contributed by atoms with Gasteiger partial charge in [-0.1, -0.05) is 20.8 Å². The highest BCUT2D eigenvalue weighted by Crippen LogP contribution is 2.03. The SMILES string of the molecule is CC(C)CCNC(=O)CCNCC(C)CCN(C)C(=O)CNCC(C)N(C)C(=O)CCN(C)C(=O)CCN. The Kier molecular flexibility index (Phi) is 19.5. The first kappa shape index (κ1) is 35.8. The molecule has 4 amide bonds. The van der Waals surface area contributed by atoms with Crippen molar-refractivity contribution in [2.45, 2.75) is 65.8 Å². The average Bonchev–Trinajstić information content (AvgIpc) is 2.87. The van der Waals surface area contributed by atoms with Crippen molar-refractivity contribution in [1.82, 2.24) is 30.7 Å². The number of likely N-dealkylation sites (N-methyl/N-ethyl adjacent to an activating group) is 2. The van der Waals surface area contributed by atoms with Crippen molar-refractivity contribution in [1.29, 1.82) is 0 Å². The summed E-state index contributed by atoms with van der Waals surface area (Å²) in [5.74, 6) is 0.930. The number of carbonyl (C=O) groups excluding carboxylic acids is 4. The smallest absolute Gasteiger partial charge is 0.236 e. The minimum atomic E-state index is -0.0889. The van der Waals surface area contributed by atoms with E-state index in [0.717, 1.165) is 25.9 Å². The van der Waals surface area contributed by atoms with Crippen LogP contribution in [0.25, 0.3) is 0 Å². The van der Waals surface area contributed by atoms with Crippen molar-refractivity contribution in [3.05, 3.63) is 0 Å². The second-order valence-corrected chi connectivity index (χ2v) is 10.8. The molecule has 11 heteroatoms. The van der Waals surface area contributed by atoms with Crippen molar-refractivity contribution in [3.8, 4) is 0 Å². The lowest BCUT2D eigenvalue weighted by molar-refractivity contribution is -0.133. The van der Waals surface area contributed by atoms with Crippen LogP contribution in [-0.4, -0.2) is 118 Å². The van der Waals surface area contributed by atoms with Crippen molar-refractivity contribution < 1.29 is 19.2 Å². The van der Waals surface area contributed by atoms with Crippen LogP contribution in [-0.2, 0) is 19.2 Å². The molecule has 0 spiro atoms. The van der Waals surface area contributed by atoms with E-state index in [1.165, 1.54) is 4.90 Å². The molecule has 38 heavy (non-hydrogen) atoms.